The molecule has 2 amide bonds. The smallest absolute Gasteiger partial charge is 0.315 e. The van der Waals surface area contributed by atoms with Crippen molar-refractivity contribution in [2.45, 2.75) is 38.6 Å². The highest BCUT2D eigenvalue weighted by atomic mass is 16.3. The van der Waals surface area contributed by atoms with Crippen LogP contribution in [-0.2, 0) is 6.42 Å². The van der Waals surface area contributed by atoms with Gasteiger partial charge in [0.15, 0.2) is 0 Å². The minimum absolute atomic E-state index is 0.0694. The van der Waals surface area contributed by atoms with Gasteiger partial charge in [0.1, 0.15) is 0 Å². The standard InChI is InChI=1S/C17H25N3O2/c1-3-17(2,9-11-21)20-16(22)18-10-8-13-12-19-15-7-5-4-6-14(13)15/h4-7,12,19,21H,3,8-11H2,1-2H3,(H2,18,20,22). The van der Waals surface area contributed by atoms with E-state index in [0.29, 0.717) is 13.0 Å². The van der Waals surface area contributed by atoms with Crippen LogP contribution in [0.25, 0.3) is 10.9 Å². The number of carbonyl (C=O) groups is 1. The summed E-state index contributed by atoms with van der Waals surface area (Å²) in [6, 6.07) is 7.96. The molecule has 0 radical (unpaired) electrons. The fraction of sp³-hybridized carbons (Fsp3) is 0.471. The SMILES string of the molecule is CCC(C)(CCO)NC(=O)NCCc1c[nH]c2ccccc12. The quantitative estimate of drug-likeness (QED) is 0.634. The molecule has 1 unspecified atom stereocenters. The average molecular weight is 303 g/mol. The predicted molar refractivity (Wildman–Crippen MR) is 88.9 cm³/mol. The third-order valence-corrected chi connectivity index (χ3v) is 4.21. The van der Waals surface area contributed by atoms with Crippen LogP contribution < -0.4 is 10.6 Å². The van der Waals surface area contributed by atoms with Gasteiger partial charge in [-0.3, -0.25) is 0 Å². The van der Waals surface area contributed by atoms with E-state index in [1.165, 1.54) is 10.9 Å². The lowest BCUT2D eigenvalue weighted by Crippen LogP contribution is -2.50. The lowest BCUT2D eigenvalue weighted by Gasteiger charge is -2.29. The molecule has 1 atom stereocenters. The Balaban J connectivity index is 1.84. The number of aromatic nitrogens is 1. The van der Waals surface area contributed by atoms with Crippen molar-refractivity contribution in [3.8, 4) is 0 Å². The Morgan fingerprint density at radius 2 is 2.14 bits per heavy atom. The topological polar surface area (TPSA) is 77.2 Å². The number of H-pyrrole nitrogens is 1. The summed E-state index contributed by atoms with van der Waals surface area (Å²) < 4.78 is 0. The predicted octanol–water partition coefficient (Wildman–Crippen LogP) is 2.56. The molecular formula is C17H25N3O2. The molecule has 0 saturated heterocycles. The summed E-state index contributed by atoms with van der Waals surface area (Å²) in [4.78, 5) is 15.2. The largest absolute Gasteiger partial charge is 0.396 e. The first-order chi connectivity index (χ1) is 10.6. The third-order valence-electron chi connectivity index (χ3n) is 4.21. The van der Waals surface area contributed by atoms with Crippen molar-refractivity contribution in [3.63, 3.8) is 0 Å². The molecule has 4 N–H and O–H groups in total. The van der Waals surface area contributed by atoms with E-state index in [0.717, 1.165) is 18.4 Å². The van der Waals surface area contributed by atoms with E-state index in [1.54, 1.807) is 0 Å². The van der Waals surface area contributed by atoms with E-state index in [1.807, 2.05) is 38.2 Å². The molecule has 5 nitrogen and oxygen atoms in total. The van der Waals surface area contributed by atoms with Gasteiger partial charge >= 0.3 is 6.03 Å². The fourth-order valence-corrected chi connectivity index (χ4v) is 2.54. The number of carbonyl (C=O) groups excluding carboxylic acids is 1. The molecule has 1 aromatic carbocycles. The zero-order chi connectivity index (χ0) is 16.0. The van der Waals surface area contributed by atoms with Gasteiger partial charge in [0.05, 0.1) is 0 Å². The maximum absolute atomic E-state index is 12.0. The molecule has 0 aliphatic rings. The molecule has 0 spiro atoms. The van der Waals surface area contributed by atoms with Crippen molar-refractivity contribution >= 4 is 16.9 Å². The first-order valence-corrected chi connectivity index (χ1v) is 7.80. The van der Waals surface area contributed by atoms with Gasteiger partial charge < -0.3 is 20.7 Å². The highest BCUT2D eigenvalue weighted by Gasteiger charge is 2.23. The first kappa shape index (κ1) is 16.4. The van der Waals surface area contributed by atoms with Crippen LogP contribution in [-0.4, -0.2) is 34.8 Å². The number of aliphatic hydroxyl groups is 1. The molecule has 22 heavy (non-hydrogen) atoms. The van der Waals surface area contributed by atoms with Crippen molar-refractivity contribution in [2.24, 2.45) is 0 Å². The third kappa shape index (κ3) is 4.01. The van der Waals surface area contributed by atoms with Gasteiger partial charge in [-0.1, -0.05) is 25.1 Å². The van der Waals surface area contributed by atoms with Gasteiger partial charge in [-0.25, -0.2) is 4.79 Å². The second kappa shape index (κ2) is 7.31. The number of hydrogen-bond donors (Lipinski definition) is 4. The lowest BCUT2D eigenvalue weighted by atomic mass is 9.95. The van der Waals surface area contributed by atoms with Crippen LogP contribution in [0.3, 0.4) is 0 Å². The Morgan fingerprint density at radius 3 is 2.86 bits per heavy atom. The minimum Gasteiger partial charge on any atom is -0.396 e. The number of aromatic amines is 1. The molecule has 5 heteroatoms. The number of rotatable bonds is 7. The number of urea groups is 1. The number of aliphatic hydroxyl groups excluding tert-OH is 1. The van der Waals surface area contributed by atoms with Crippen molar-refractivity contribution in [1.82, 2.24) is 15.6 Å². The van der Waals surface area contributed by atoms with E-state index in [9.17, 15) is 4.79 Å². The van der Waals surface area contributed by atoms with Crippen LogP contribution in [0.5, 0.6) is 0 Å². The zero-order valence-corrected chi connectivity index (χ0v) is 13.3. The van der Waals surface area contributed by atoms with Crippen molar-refractivity contribution in [2.75, 3.05) is 13.2 Å². The number of para-hydroxylation sites is 1. The maximum Gasteiger partial charge on any atom is 0.315 e. The van der Waals surface area contributed by atoms with Crippen LogP contribution in [0.2, 0.25) is 0 Å². The maximum atomic E-state index is 12.0. The summed E-state index contributed by atoms with van der Waals surface area (Å²) in [5.41, 5.74) is 1.95. The number of nitrogens with one attached hydrogen (secondary N) is 3. The number of fused-ring (bicyclic) bond motifs is 1. The van der Waals surface area contributed by atoms with Crippen molar-refractivity contribution < 1.29 is 9.90 Å². The number of hydrogen-bond acceptors (Lipinski definition) is 2. The molecule has 2 rings (SSSR count). The minimum atomic E-state index is -0.361. The lowest BCUT2D eigenvalue weighted by molar-refractivity contribution is 0.201. The summed E-state index contributed by atoms with van der Waals surface area (Å²) in [6.07, 6.45) is 4.11. The number of amides is 2. The van der Waals surface area contributed by atoms with Crippen LogP contribution in [0, 0.1) is 0 Å². The van der Waals surface area contributed by atoms with E-state index < -0.39 is 0 Å². The molecular weight excluding hydrogens is 278 g/mol. The normalized spacial score (nSPS) is 13.8. The molecule has 0 fully saturated rings. The van der Waals surface area contributed by atoms with Crippen molar-refractivity contribution in [3.05, 3.63) is 36.0 Å². The van der Waals surface area contributed by atoms with Gasteiger partial charge in [0.25, 0.3) is 0 Å². The Bertz CT molecular complexity index is 623. The zero-order valence-electron chi connectivity index (χ0n) is 13.3. The van der Waals surface area contributed by atoms with E-state index in [2.05, 4.69) is 21.7 Å². The highest BCUT2D eigenvalue weighted by Crippen LogP contribution is 2.17. The van der Waals surface area contributed by atoms with Crippen LogP contribution >= 0.6 is 0 Å². The average Bonchev–Trinajstić information content (AvgIpc) is 2.91. The highest BCUT2D eigenvalue weighted by molar-refractivity contribution is 5.83. The molecule has 120 valence electrons. The molecule has 1 aromatic heterocycles. The summed E-state index contributed by atoms with van der Waals surface area (Å²) >= 11 is 0. The summed E-state index contributed by atoms with van der Waals surface area (Å²) in [5, 5.41) is 16.1. The Labute approximate surface area is 131 Å². The van der Waals surface area contributed by atoms with E-state index in [4.69, 9.17) is 5.11 Å². The van der Waals surface area contributed by atoms with Crippen LogP contribution in [0.1, 0.15) is 32.3 Å². The fourth-order valence-electron chi connectivity index (χ4n) is 2.54. The summed E-state index contributed by atoms with van der Waals surface area (Å²) in [7, 11) is 0. The Kier molecular flexibility index (Phi) is 5.44. The molecule has 2 aromatic rings. The van der Waals surface area contributed by atoms with Gasteiger partial charge in [-0.2, -0.15) is 0 Å². The van der Waals surface area contributed by atoms with Gasteiger partial charge in [0.2, 0.25) is 0 Å². The monoisotopic (exact) mass is 303 g/mol. The van der Waals surface area contributed by atoms with Gasteiger partial charge in [-0.15, -0.1) is 0 Å². The molecule has 0 aliphatic carbocycles. The van der Waals surface area contributed by atoms with E-state index >= 15 is 0 Å². The van der Waals surface area contributed by atoms with Gasteiger partial charge in [-0.05, 0) is 37.8 Å². The Hall–Kier alpha value is -2.01. The van der Waals surface area contributed by atoms with Crippen LogP contribution in [0.15, 0.2) is 30.5 Å². The summed E-state index contributed by atoms with van der Waals surface area (Å²) in [5.74, 6) is 0. The number of benzene rings is 1. The molecule has 0 saturated carbocycles. The molecule has 1 heterocycles. The molecule has 0 aliphatic heterocycles. The first-order valence-electron chi connectivity index (χ1n) is 7.80. The Morgan fingerprint density at radius 1 is 1.36 bits per heavy atom. The van der Waals surface area contributed by atoms with E-state index in [-0.39, 0.29) is 18.2 Å². The van der Waals surface area contributed by atoms with Gasteiger partial charge in [0, 0.05) is 35.8 Å². The van der Waals surface area contributed by atoms with Crippen LogP contribution in [0.4, 0.5) is 4.79 Å². The second-order valence-corrected chi connectivity index (χ2v) is 5.88. The summed E-state index contributed by atoms with van der Waals surface area (Å²) in [6.45, 7) is 4.59. The van der Waals surface area contributed by atoms with Crippen molar-refractivity contribution in [1.29, 1.82) is 0 Å². The second-order valence-electron chi connectivity index (χ2n) is 5.88. The molecule has 0 bridgehead atoms.